The zero-order chi connectivity index (χ0) is 15.0. The van der Waals surface area contributed by atoms with E-state index < -0.39 is 0 Å². The fourth-order valence-electron chi connectivity index (χ4n) is 3.18. The summed E-state index contributed by atoms with van der Waals surface area (Å²) >= 11 is 0. The minimum atomic E-state index is 0.0696. The molecule has 1 N–H and O–H groups in total. The highest BCUT2D eigenvalue weighted by Gasteiger charge is 2.39. The van der Waals surface area contributed by atoms with Crippen molar-refractivity contribution in [1.82, 2.24) is 10.2 Å². The Labute approximate surface area is 125 Å². The van der Waals surface area contributed by atoms with Gasteiger partial charge in [0.1, 0.15) is 0 Å². The van der Waals surface area contributed by atoms with Crippen LogP contribution in [0.3, 0.4) is 0 Å². The molecule has 1 saturated heterocycles. The summed E-state index contributed by atoms with van der Waals surface area (Å²) in [6, 6.07) is 0.449. The molecule has 1 aliphatic rings. The normalized spacial score (nSPS) is 24.4. The molecule has 0 aromatic heterocycles. The molecular formula is C17H34N2O. The van der Waals surface area contributed by atoms with Gasteiger partial charge < -0.3 is 4.90 Å². The van der Waals surface area contributed by atoms with Crippen LogP contribution in [0.25, 0.3) is 0 Å². The molecule has 1 amide bonds. The number of unbranched alkanes of at least 4 members (excludes halogenated alkanes) is 3. The summed E-state index contributed by atoms with van der Waals surface area (Å²) in [4.78, 5) is 14.8. The van der Waals surface area contributed by atoms with Gasteiger partial charge in [0.25, 0.3) is 0 Å². The summed E-state index contributed by atoms with van der Waals surface area (Å²) in [7, 11) is 0. The second-order valence-corrected chi connectivity index (χ2v) is 6.26. The molecule has 20 heavy (non-hydrogen) atoms. The maximum atomic E-state index is 12.6. The minimum absolute atomic E-state index is 0.0696. The van der Waals surface area contributed by atoms with Crippen molar-refractivity contribution >= 4 is 5.91 Å². The number of carbonyl (C=O) groups is 1. The lowest BCUT2D eigenvalue weighted by Crippen LogP contribution is -2.43. The third kappa shape index (κ3) is 4.76. The Balaban J connectivity index is 2.60. The Bertz CT molecular complexity index is 280. The molecular weight excluding hydrogens is 248 g/mol. The van der Waals surface area contributed by atoms with Crippen molar-refractivity contribution in [1.29, 1.82) is 0 Å². The number of hydrogen-bond acceptors (Lipinski definition) is 2. The van der Waals surface area contributed by atoms with Crippen LogP contribution in [0.15, 0.2) is 0 Å². The lowest BCUT2D eigenvalue weighted by atomic mass is 10.1. The Morgan fingerprint density at radius 1 is 1.05 bits per heavy atom. The summed E-state index contributed by atoms with van der Waals surface area (Å²) in [5.74, 6) is 0.348. The maximum Gasteiger partial charge on any atom is 0.241 e. The van der Waals surface area contributed by atoms with Crippen molar-refractivity contribution in [3.8, 4) is 0 Å². The molecule has 0 saturated carbocycles. The van der Waals surface area contributed by atoms with Gasteiger partial charge in [-0.2, -0.15) is 0 Å². The molecule has 1 fully saturated rings. The first kappa shape index (κ1) is 17.5. The second kappa shape index (κ2) is 9.38. The molecule has 0 aliphatic carbocycles. The Hall–Kier alpha value is -0.570. The van der Waals surface area contributed by atoms with E-state index in [1.165, 1.54) is 19.3 Å². The third-order valence-corrected chi connectivity index (χ3v) is 4.39. The van der Waals surface area contributed by atoms with Crippen LogP contribution in [0.1, 0.15) is 85.5 Å². The van der Waals surface area contributed by atoms with E-state index in [1.54, 1.807) is 0 Å². The van der Waals surface area contributed by atoms with E-state index in [2.05, 4.69) is 37.9 Å². The molecule has 118 valence electrons. The van der Waals surface area contributed by atoms with E-state index in [-0.39, 0.29) is 12.2 Å². The van der Waals surface area contributed by atoms with E-state index in [4.69, 9.17) is 0 Å². The summed E-state index contributed by atoms with van der Waals surface area (Å²) < 4.78 is 0. The Kier molecular flexibility index (Phi) is 8.20. The molecule has 3 atom stereocenters. The van der Waals surface area contributed by atoms with Crippen molar-refractivity contribution in [3.05, 3.63) is 0 Å². The van der Waals surface area contributed by atoms with Crippen LogP contribution >= 0.6 is 0 Å². The molecule has 3 nitrogen and oxygen atoms in total. The molecule has 0 aromatic rings. The lowest BCUT2D eigenvalue weighted by molar-refractivity contribution is -0.132. The lowest BCUT2D eigenvalue weighted by Gasteiger charge is -2.30. The van der Waals surface area contributed by atoms with Crippen molar-refractivity contribution in [2.45, 2.75) is 104 Å². The smallest absolute Gasteiger partial charge is 0.241 e. The van der Waals surface area contributed by atoms with Crippen LogP contribution in [-0.4, -0.2) is 29.1 Å². The van der Waals surface area contributed by atoms with Gasteiger partial charge in [0.2, 0.25) is 5.91 Å². The van der Waals surface area contributed by atoms with Gasteiger partial charge in [-0.15, -0.1) is 0 Å². The van der Waals surface area contributed by atoms with Crippen LogP contribution in [0.5, 0.6) is 0 Å². The molecule has 1 aliphatic heterocycles. The molecule has 1 heterocycles. The van der Waals surface area contributed by atoms with E-state index >= 15 is 0 Å². The summed E-state index contributed by atoms with van der Waals surface area (Å²) in [6.07, 6.45) is 10.7. The predicted molar refractivity (Wildman–Crippen MR) is 85.6 cm³/mol. The van der Waals surface area contributed by atoms with Gasteiger partial charge >= 0.3 is 0 Å². The second-order valence-electron chi connectivity index (χ2n) is 6.26. The molecule has 3 unspecified atom stereocenters. The van der Waals surface area contributed by atoms with Crippen LogP contribution in [-0.2, 0) is 4.79 Å². The first-order valence-corrected chi connectivity index (χ1v) is 8.73. The third-order valence-electron chi connectivity index (χ3n) is 4.39. The molecule has 0 radical (unpaired) electrons. The van der Waals surface area contributed by atoms with E-state index in [0.29, 0.717) is 11.9 Å². The predicted octanol–water partition coefficient (Wildman–Crippen LogP) is 4.07. The molecule has 0 bridgehead atoms. The fraction of sp³-hybridized carbons (Fsp3) is 0.941. The monoisotopic (exact) mass is 282 g/mol. The van der Waals surface area contributed by atoms with Crippen molar-refractivity contribution in [2.24, 2.45) is 0 Å². The number of rotatable bonds is 10. The van der Waals surface area contributed by atoms with Crippen molar-refractivity contribution < 1.29 is 4.79 Å². The van der Waals surface area contributed by atoms with E-state index in [1.807, 2.05) is 0 Å². The first-order chi connectivity index (χ1) is 9.65. The molecule has 1 rings (SSSR count). The average Bonchev–Trinajstić information content (AvgIpc) is 2.73. The highest BCUT2D eigenvalue weighted by Crippen LogP contribution is 2.23. The van der Waals surface area contributed by atoms with Crippen LogP contribution < -0.4 is 5.32 Å². The van der Waals surface area contributed by atoms with Gasteiger partial charge in [0.05, 0.1) is 12.2 Å². The molecule has 3 heteroatoms. The van der Waals surface area contributed by atoms with Gasteiger partial charge in [-0.3, -0.25) is 10.1 Å². The SMILES string of the molecule is CCCCCC(C)N1C(=O)C(CCCC)NC1CCC. The average molecular weight is 282 g/mol. The van der Waals surface area contributed by atoms with Gasteiger partial charge in [-0.1, -0.05) is 59.3 Å². The highest BCUT2D eigenvalue weighted by molar-refractivity contribution is 5.84. The summed E-state index contributed by atoms with van der Waals surface area (Å²) in [6.45, 7) is 8.84. The van der Waals surface area contributed by atoms with Gasteiger partial charge in [-0.05, 0) is 26.2 Å². The fourth-order valence-corrected chi connectivity index (χ4v) is 3.18. The zero-order valence-corrected chi connectivity index (χ0v) is 14.0. The van der Waals surface area contributed by atoms with Gasteiger partial charge in [0.15, 0.2) is 0 Å². The van der Waals surface area contributed by atoms with Gasteiger partial charge in [-0.25, -0.2) is 0 Å². The number of nitrogens with zero attached hydrogens (tertiary/aromatic N) is 1. The molecule has 0 aromatic carbocycles. The van der Waals surface area contributed by atoms with Crippen molar-refractivity contribution in [2.75, 3.05) is 0 Å². The number of carbonyl (C=O) groups excluding carboxylic acids is 1. The highest BCUT2D eigenvalue weighted by atomic mass is 16.2. The topological polar surface area (TPSA) is 32.3 Å². The van der Waals surface area contributed by atoms with Crippen LogP contribution in [0.4, 0.5) is 0 Å². The van der Waals surface area contributed by atoms with Crippen LogP contribution in [0, 0.1) is 0 Å². The standard InChI is InChI=1S/C17H34N2O/c1-5-8-10-12-14(4)19-16(11-7-3)18-15(17(19)20)13-9-6-2/h14-16,18H,5-13H2,1-4H3. The van der Waals surface area contributed by atoms with Crippen LogP contribution in [0.2, 0.25) is 0 Å². The summed E-state index contributed by atoms with van der Waals surface area (Å²) in [5.41, 5.74) is 0. The number of amides is 1. The van der Waals surface area contributed by atoms with Crippen molar-refractivity contribution in [3.63, 3.8) is 0 Å². The number of hydrogen-bond donors (Lipinski definition) is 1. The van der Waals surface area contributed by atoms with E-state index in [9.17, 15) is 4.79 Å². The number of nitrogens with one attached hydrogen (secondary N) is 1. The minimum Gasteiger partial charge on any atom is -0.323 e. The Morgan fingerprint density at radius 2 is 1.75 bits per heavy atom. The first-order valence-electron chi connectivity index (χ1n) is 8.73. The largest absolute Gasteiger partial charge is 0.323 e. The quantitative estimate of drug-likeness (QED) is 0.613. The zero-order valence-electron chi connectivity index (χ0n) is 14.0. The van der Waals surface area contributed by atoms with Gasteiger partial charge in [0, 0.05) is 6.04 Å². The van der Waals surface area contributed by atoms with E-state index in [0.717, 1.165) is 38.5 Å². The Morgan fingerprint density at radius 3 is 2.35 bits per heavy atom. The maximum absolute atomic E-state index is 12.6. The summed E-state index contributed by atoms with van der Waals surface area (Å²) in [5, 5.41) is 3.57. The molecule has 0 spiro atoms.